The molecule has 0 unspecified atom stereocenters. The Morgan fingerprint density at radius 3 is 2.39 bits per heavy atom. The number of ether oxygens (including phenoxy) is 1. The highest BCUT2D eigenvalue weighted by atomic mass is 16.5. The predicted octanol–water partition coefficient (Wildman–Crippen LogP) is 4.77. The summed E-state index contributed by atoms with van der Waals surface area (Å²) in [5.41, 5.74) is 2.00. The van der Waals surface area contributed by atoms with Crippen LogP contribution in [0.15, 0.2) is 30.3 Å². The van der Waals surface area contributed by atoms with E-state index < -0.39 is 0 Å². The molecule has 1 fully saturated rings. The number of amides is 1. The zero-order chi connectivity index (χ0) is 19.9. The first-order chi connectivity index (χ1) is 13.5. The maximum absolute atomic E-state index is 12.7. The van der Waals surface area contributed by atoms with Crippen LogP contribution in [-0.4, -0.2) is 28.0 Å². The summed E-state index contributed by atoms with van der Waals surface area (Å²) in [5, 5.41) is 6.32. The van der Waals surface area contributed by atoms with Gasteiger partial charge in [0.1, 0.15) is 11.4 Å². The zero-order valence-corrected chi connectivity index (χ0v) is 17.0. The molecule has 1 aliphatic rings. The fourth-order valence-electron chi connectivity index (χ4n) is 3.44. The predicted molar refractivity (Wildman–Crippen MR) is 111 cm³/mol. The highest BCUT2D eigenvalue weighted by Crippen LogP contribution is 2.20. The molecule has 1 aromatic heterocycles. The number of rotatable bonds is 6. The van der Waals surface area contributed by atoms with Gasteiger partial charge in [-0.1, -0.05) is 25.7 Å². The van der Waals surface area contributed by atoms with E-state index in [0.29, 0.717) is 11.6 Å². The van der Waals surface area contributed by atoms with Crippen LogP contribution >= 0.6 is 0 Å². The molecule has 1 saturated carbocycles. The van der Waals surface area contributed by atoms with E-state index in [2.05, 4.69) is 20.6 Å². The molecule has 0 atom stereocenters. The fraction of sp³-hybridized carbons (Fsp3) is 0.500. The van der Waals surface area contributed by atoms with Gasteiger partial charge in [0.05, 0.1) is 6.10 Å². The lowest BCUT2D eigenvalue weighted by Crippen LogP contribution is -2.35. The van der Waals surface area contributed by atoms with E-state index in [9.17, 15) is 4.79 Å². The van der Waals surface area contributed by atoms with Crippen LogP contribution in [0.2, 0.25) is 0 Å². The summed E-state index contributed by atoms with van der Waals surface area (Å²) in [6, 6.07) is 9.60. The second kappa shape index (κ2) is 9.53. The number of hydrogen-bond acceptors (Lipinski definition) is 5. The van der Waals surface area contributed by atoms with Crippen molar-refractivity contribution in [2.75, 3.05) is 5.32 Å². The minimum atomic E-state index is -0.124. The lowest BCUT2D eigenvalue weighted by molar-refractivity contribution is 0.0928. The van der Waals surface area contributed by atoms with E-state index in [1.54, 1.807) is 6.07 Å². The van der Waals surface area contributed by atoms with Crippen LogP contribution < -0.4 is 15.4 Å². The molecular formula is C22H30N4O2. The van der Waals surface area contributed by atoms with E-state index in [0.717, 1.165) is 30.0 Å². The minimum absolute atomic E-state index is 0.124. The maximum atomic E-state index is 12.7. The lowest BCUT2D eigenvalue weighted by Gasteiger charge is -2.16. The fourth-order valence-corrected chi connectivity index (χ4v) is 3.44. The second-order valence-corrected chi connectivity index (χ2v) is 7.70. The molecular weight excluding hydrogens is 352 g/mol. The first-order valence-corrected chi connectivity index (χ1v) is 10.2. The maximum Gasteiger partial charge on any atom is 0.270 e. The quantitative estimate of drug-likeness (QED) is 0.704. The van der Waals surface area contributed by atoms with Crippen LogP contribution in [0.4, 0.5) is 11.6 Å². The van der Waals surface area contributed by atoms with Crippen molar-refractivity contribution in [3.8, 4) is 5.75 Å². The van der Waals surface area contributed by atoms with Gasteiger partial charge in [0.15, 0.2) is 0 Å². The molecule has 0 saturated heterocycles. The SMILES string of the molecule is Cc1cc(C(=O)NC2CCCCCC2)nc(Nc2ccc(OC(C)C)cc2)n1. The number of nitrogens with zero attached hydrogens (tertiary/aromatic N) is 2. The van der Waals surface area contributed by atoms with Crippen LogP contribution in [0.5, 0.6) is 5.75 Å². The standard InChI is InChI=1S/C22H30N4O2/c1-15(2)28-19-12-10-18(11-13-19)25-22-23-16(3)14-20(26-22)21(27)24-17-8-6-4-5-7-9-17/h10-15,17H,4-9H2,1-3H3,(H,24,27)(H,23,25,26). The van der Waals surface area contributed by atoms with E-state index in [1.165, 1.54) is 25.7 Å². The number of hydrogen-bond donors (Lipinski definition) is 2. The number of carbonyl (C=O) groups is 1. The summed E-state index contributed by atoms with van der Waals surface area (Å²) in [7, 11) is 0. The Morgan fingerprint density at radius 1 is 1.07 bits per heavy atom. The summed E-state index contributed by atoms with van der Waals surface area (Å²) in [6.45, 7) is 5.86. The Balaban J connectivity index is 1.67. The molecule has 2 N–H and O–H groups in total. The Hall–Kier alpha value is -2.63. The van der Waals surface area contributed by atoms with Gasteiger partial charge in [-0.3, -0.25) is 4.79 Å². The van der Waals surface area contributed by atoms with Crippen molar-refractivity contribution in [2.45, 2.75) is 71.4 Å². The van der Waals surface area contributed by atoms with Gasteiger partial charge in [-0.25, -0.2) is 9.97 Å². The first kappa shape index (κ1) is 20.1. The topological polar surface area (TPSA) is 76.1 Å². The normalized spacial score (nSPS) is 15.1. The van der Waals surface area contributed by atoms with Crippen molar-refractivity contribution < 1.29 is 9.53 Å². The number of benzene rings is 1. The first-order valence-electron chi connectivity index (χ1n) is 10.2. The van der Waals surface area contributed by atoms with E-state index in [1.807, 2.05) is 45.0 Å². The summed E-state index contributed by atoms with van der Waals surface area (Å²) in [5.74, 6) is 1.11. The number of anilines is 2. The highest BCUT2D eigenvalue weighted by molar-refractivity contribution is 5.92. The number of nitrogens with one attached hydrogen (secondary N) is 2. The second-order valence-electron chi connectivity index (χ2n) is 7.70. The van der Waals surface area contributed by atoms with Gasteiger partial charge >= 0.3 is 0 Å². The number of aromatic nitrogens is 2. The molecule has 0 spiro atoms. The Labute approximate surface area is 167 Å². The van der Waals surface area contributed by atoms with Crippen LogP contribution in [0, 0.1) is 6.92 Å². The third kappa shape index (κ3) is 5.94. The van der Waals surface area contributed by atoms with Gasteiger partial charge in [0, 0.05) is 17.4 Å². The average molecular weight is 383 g/mol. The van der Waals surface area contributed by atoms with Crippen molar-refractivity contribution in [2.24, 2.45) is 0 Å². The van der Waals surface area contributed by atoms with Gasteiger partial charge < -0.3 is 15.4 Å². The minimum Gasteiger partial charge on any atom is -0.491 e. The molecule has 1 amide bonds. The molecule has 6 nitrogen and oxygen atoms in total. The van der Waals surface area contributed by atoms with Crippen molar-refractivity contribution in [1.82, 2.24) is 15.3 Å². The molecule has 1 heterocycles. The van der Waals surface area contributed by atoms with Gasteiger partial charge in [0.25, 0.3) is 5.91 Å². The van der Waals surface area contributed by atoms with Crippen molar-refractivity contribution in [3.05, 3.63) is 41.7 Å². The molecule has 150 valence electrons. The molecule has 0 bridgehead atoms. The molecule has 6 heteroatoms. The molecule has 2 aromatic rings. The molecule has 1 aromatic carbocycles. The molecule has 28 heavy (non-hydrogen) atoms. The summed E-state index contributed by atoms with van der Waals surface area (Å²) in [6.07, 6.45) is 7.10. The van der Waals surface area contributed by atoms with Gasteiger partial charge in [0.2, 0.25) is 5.95 Å². The zero-order valence-electron chi connectivity index (χ0n) is 17.0. The van der Waals surface area contributed by atoms with Gasteiger partial charge in [-0.05, 0) is 63.9 Å². The van der Waals surface area contributed by atoms with Crippen molar-refractivity contribution in [3.63, 3.8) is 0 Å². The third-order valence-electron chi connectivity index (χ3n) is 4.76. The Morgan fingerprint density at radius 2 is 1.75 bits per heavy atom. The van der Waals surface area contributed by atoms with E-state index in [4.69, 9.17) is 4.74 Å². The highest BCUT2D eigenvalue weighted by Gasteiger charge is 2.17. The van der Waals surface area contributed by atoms with Crippen molar-refractivity contribution in [1.29, 1.82) is 0 Å². The Bertz CT molecular complexity index is 782. The smallest absolute Gasteiger partial charge is 0.270 e. The lowest BCUT2D eigenvalue weighted by atomic mass is 10.1. The Kier molecular flexibility index (Phi) is 6.85. The van der Waals surface area contributed by atoms with Crippen LogP contribution in [0.1, 0.15) is 68.6 Å². The molecule has 3 rings (SSSR count). The summed E-state index contributed by atoms with van der Waals surface area (Å²) < 4.78 is 5.66. The van der Waals surface area contributed by atoms with E-state index >= 15 is 0 Å². The molecule has 1 aliphatic carbocycles. The van der Waals surface area contributed by atoms with Gasteiger partial charge in [-0.15, -0.1) is 0 Å². The monoisotopic (exact) mass is 382 g/mol. The van der Waals surface area contributed by atoms with E-state index in [-0.39, 0.29) is 18.1 Å². The van der Waals surface area contributed by atoms with Crippen LogP contribution in [0.25, 0.3) is 0 Å². The summed E-state index contributed by atoms with van der Waals surface area (Å²) >= 11 is 0. The number of aryl methyl sites for hydroxylation is 1. The van der Waals surface area contributed by atoms with Crippen molar-refractivity contribution >= 4 is 17.5 Å². The largest absolute Gasteiger partial charge is 0.491 e. The number of carbonyl (C=O) groups excluding carboxylic acids is 1. The van der Waals surface area contributed by atoms with Gasteiger partial charge in [-0.2, -0.15) is 0 Å². The van der Waals surface area contributed by atoms with Crippen LogP contribution in [-0.2, 0) is 0 Å². The molecule has 0 aliphatic heterocycles. The summed E-state index contributed by atoms with van der Waals surface area (Å²) in [4.78, 5) is 21.5. The third-order valence-corrected chi connectivity index (χ3v) is 4.76. The average Bonchev–Trinajstić information content (AvgIpc) is 2.91. The molecule has 0 radical (unpaired) electrons. The van der Waals surface area contributed by atoms with Crippen LogP contribution in [0.3, 0.4) is 0 Å².